The minimum atomic E-state index is 0. The third kappa shape index (κ3) is 3.06. The second-order valence-electron chi connectivity index (χ2n) is 3.07. The molecule has 0 saturated carbocycles. The highest BCUT2D eigenvalue weighted by atomic mass is 79.9. The van der Waals surface area contributed by atoms with Crippen molar-refractivity contribution in [1.82, 2.24) is 0 Å². The summed E-state index contributed by atoms with van der Waals surface area (Å²) in [5.41, 5.74) is 2.76. The fraction of sp³-hybridized carbons (Fsp3) is 0.400. The van der Waals surface area contributed by atoms with E-state index in [0.717, 1.165) is 0 Å². The van der Waals surface area contributed by atoms with Gasteiger partial charge in [-0.3, -0.25) is 0 Å². The van der Waals surface area contributed by atoms with E-state index >= 15 is 0 Å². The van der Waals surface area contributed by atoms with Crippen LogP contribution in [-0.2, 0) is 0 Å². The molecule has 0 aliphatic heterocycles. The Labute approximate surface area is 79.4 Å². The Morgan fingerprint density at radius 2 is 1.45 bits per heavy atom. The molecule has 0 aliphatic rings. The molecule has 0 nitrogen and oxygen atoms in total. The fourth-order valence-electron chi connectivity index (χ4n) is 0.951. The van der Waals surface area contributed by atoms with Gasteiger partial charge in [0, 0.05) is 0 Å². The van der Waals surface area contributed by atoms with Crippen molar-refractivity contribution in [3.63, 3.8) is 0 Å². The van der Waals surface area contributed by atoms with Gasteiger partial charge < -0.3 is 0 Å². The minimum absolute atomic E-state index is 0. The van der Waals surface area contributed by atoms with E-state index < -0.39 is 0 Å². The van der Waals surface area contributed by atoms with Crippen LogP contribution in [0.25, 0.3) is 0 Å². The monoisotopic (exact) mass is 214 g/mol. The van der Waals surface area contributed by atoms with Gasteiger partial charge in [-0.2, -0.15) is 0 Å². The number of halogens is 1. The Hall–Kier alpha value is -0.300. The first-order valence-corrected chi connectivity index (χ1v) is 3.76. The number of rotatable bonds is 1. The van der Waals surface area contributed by atoms with Crippen molar-refractivity contribution in [1.29, 1.82) is 0 Å². The first-order valence-electron chi connectivity index (χ1n) is 3.76. The lowest BCUT2D eigenvalue weighted by Gasteiger charge is -2.03. The SMILES string of the molecule is Br.Cc1ccc(C(C)C)cc1. The van der Waals surface area contributed by atoms with Gasteiger partial charge in [0.15, 0.2) is 0 Å². The third-order valence-corrected chi connectivity index (χ3v) is 1.74. The summed E-state index contributed by atoms with van der Waals surface area (Å²) >= 11 is 0. The second kappa shape index (κ2) is 4.55. The molecule has 1 aromatic rings. The predicted molar refractivity (Wildman–Crippen MR) is 55.6 cm³/mol. The van der Waals surface area contributed by atoms with Gasteiger partial charge in [0.2, 0.25) is 0 Å². The van der Waals surface area contributed by atoms with Gasteiger partial charge in [0.1, 0.15) is 0 Å². The highest BCUT2D eigenvalue weighted by Gasteiger charge is 1.95. The van der Waals surface area contributed by atoms with Crippen molar-refractivity contribution in [3.05, 3.63) is 35.4 Å². The van der Waals surface area contributed by atoms with Crippen LogP contribution in [-0.4, -0.2) is 0 Å². The van der Waals surface area contributed by atoms with Crippen molar-refractivity contribution in [3.8, 4) is 0 Å². The van der Waals surface area contributed by atoms with Gasteiger partial charge in [-0.05, 0) is 18.4 Å². The van der Waals surface area contributed by atoms with E-state index in [9.17, 15) is 0 Å². The molecule has 0 amide bonds. The molecule has 0 fully saturated rings. The van der Waals surface area contributed by atoms with Crippen LogP contribution in [0.4, 0.5) is 0 Å². The van der Waals surface area contributed by atoms with Crippen LogP contribution in [0.3, 0.4) is 0 Å². The Kier molecular flexibility index (Phi) is 4.43. The summed E-state index contributed by atoms with van der Waals surface area (Å²) in [6.45, 7) is 6.54. The molecule has 11 heavy (non-hydrogen) atoms. The highest BCUT2D eigenvalue weighted by Crippen LogP contribution is 2.13. The quantitative estimate of drug-likeness (QED) is 0.670. The van der Waals surface area contributed by atoms with Crippen LogP contribution < -0.4 is 0 Å². The molecule has 1 heteroatoms. The molecule has 1 rings (SSSR count). The largest absolute Gasteiger partial charge is 0.114 e. The van der Waals surface area contributed by atoms with Gasteiger partial charge in [0.05, 0.1) is 0 Å². The van der Waals surface area contributed by atoms with E-state index in [2.05, 4.69) is 45.0 Å². The second-order valence-corrected chi connectivity index (χ2v) is 3.07. The van der Waals surface area contributed by atoms with Crippen molar-refractivity contribution in [2.45, 2.75) is 26.7 Å². The molecule has 62 valence electrons. The standard InChI is InChI=1S/C10H14.BrH/c1-8(2)10-6-4-9(3)5-7-10;/h4-8H,1-3H3;1H. The van der Waals surface area contributed by atoms with E-state index in [-0.39, 0.29) is 17.0 Å². The maximum Gasteiger partial charge on any atom is -0.0219 e. The molecule has 0 spiro atoms. The van der Waals surface area contributed by atoms with Crippen LogP contribution in [0.2, 0.25) is 0 Å². The normalized spacial score (nSPS) is 9.45. The topological polar surface area (TPSA) is 0 Å². The molecule has 1 aromatic carbocycles. The molecular formula is C10H15Br. The average Bonchev–Trinajstić information content (AvgIpc) is 1.88. The summed E-state index contributed by atoms with van der Waals surface area (Å²) in [6, 6.07) is 8.71. The average molecular weight is 215 g/mol. The molecule has 0 radical (unpaired) electrons. The van der Waals surface area contributed by atoms with E-state index in [1.165, 1.54) is 11.1 Å². The van der Waals surface area contributed by atoms with Crippen LogP contribution in [0.5, 0.6) is 0 Å². The van der Waals surface area contributed by atoms with E-state index in [4.69, 9.17) is 0 Å². The number of hydrogen-bond donors (Lipinski definition) is 0. The van der Waals surface area contributed by atoms with Gasteiger partial charge in [0.25, 0.3) is 0 Å². The van der Waals surface area contributed by atoms with Crippen molar-refractivity contribution >= 4 is 17.0 Å². The zero-order chi connectivity index (χ0) is 7.56. The molecule has 0 saturated heterocycles. The lowest BCUT2D eigenvalue weighted by atomic mass is 10.0. The fourth-order valence-corrected chi connectivity index (χ4v) is 0.951. The van der Waals surface area contributed by atoms with Crippen LogP contribution >= 0.6 is 17.0 Å². The van der Waals surface area contributed by atoms with Crippen molar-refractivity contribution < 1.29 is 0 Å². The summed E-state index contributed by atoms with van der Waals surface area (Å²) in [7, 11) is 0. The maximum absolute atomic E-state index is 2.21. The van der Waals surface area contributed by atoms with Crippen molar-refractivity contribution in [2.24, 2.45) is 0 Å². The molecule has 0 N–H and O–H groups in total. The van der Waals surface area contributed by atoms with Crippen LogP contribution in [0, 0.1) is 6.92 Å². The third-order valence-electron chi connectivity index (χ3n) is 1.74. The molecule has 0 atom stereocenters. The summed E-state index contributed by atoms with van der Waals surface area (Å²) in [6.07, 6.45) is 0. The van der Waals surface area contributed by atoms with Gasteiger partial charge in [-0.25, -0.2) is 0 Å². The first kappa shape index (κ1) is 10.7. The summed E-state index contributed by atoms with van der Waals surface area (Å²) < 4.78 is 0. The summed E-state index contributed by atoms with van der Waals surface area (Å²) in [5, 5.41) is 0. The van der Waals surface area contributed by atoms with E-state index in [1.807, 2.05) is 0 Å². The Balaban J connectivity index is 0.000001000. The van der Waals surface area contributed by atoms with E-state index in [1.54, 1.807) is 0 Å². The molecule has 0 aliphatic carbocycles. The minimum Gasteiger partial charge on any atom is -0.114 e. The van der Waals surface area contributed by atoms with Crippen LogP contribution in [0.1, 0.15) is 30.9 Å². The maximum atomic E-state index is 2.21. The molecular weight excluding hydrogens is 200 g/mol. The lowest BCUT2D eigenvalue weighted by Crippen LogP contribution is -1.85. The van der Waals surface area contributed by atoms with Gasteiger partial charge in [-0.1, -0.05) is 43.7 Å². The Morgan fingerprint density at radius 1 is 1.00 bits per heavy atom. The van der Waals surface area contributed by atoms with E-state index in [0.29, 0.717) is 5.92 Å². The smallest absolute Gasteiger partial charge is 0.0219 e. The summed E-state index contributed by atoms with van der Waals surface area (Å²) in [4.78, 5) is 0. The lowest BCUT2D eigenvalue weighted by molar-refractivity contribution is 0.866. The molecule has 0 bridgehead atoms. The molecule has 0 aromatic heterocycles. The predicted octanol–water partition coefficient (Wildman–Crippen LogP) is 3.70. The molecule has 0 heterocycles. The first-order chi connectivity index (χ1) is 4.70. The van der Waals surface area contributed by atoms with Crippen LogP contribution in [0.15, 0.2) is 24.3 Å². The number of benzene rings is 1. The number of hydrogen-bond acceptors (Lipinski definition) is 0. The van der Waals surface area contributed by atoms with Gasteiger partial charge >= 0.3 is 0 Å². The van der Waals surface area contributed by atoms with Gasteiger partial charge in [-0.15, -0.1) is 17.0 Å². The van der Waals surface area contributed by atoms with Crippen molar-refractivity contribution in [2.75, 3.05) is 0 Å². The summed E-state index contributed by atoms with van der Waals surface area (Å²) in [5.74, 6) is 0.653. The Morgan fingerprint density at radius 3 is 1.82 bits per heavy atom. The highest BCUT2D eigenvalue weighted by molar-refractivity contribution is 8.93. The zero-order valence-electron chi connectivity index (χ0n) is 7.29. The Bertz CT molecular complexity index is 199. The zero-order valence-corrected chi connectivity index (χ0v) is 9.01. The molecule has 0 unspecified atom stereocenters. The number of aryl methyl sites for hydroxylation is 1.